The molecule has 7 unspecified atom stereocenters. The van der Waals surface area contributed by atoms with E-state index in [0.29, 0.717) is 31.1 Å². The molecule has 0 radical (unpaired) electrons. The average molecular weight is 719 g/mol. The number of carbonyl (C=O) groups excluding carboxylic acids is 4. The SMILES string of the molecule is CCC(C)(C)C(=O)OC1(C)CCCC1.CCC(C)(C)C(=O)OC12CC3CC(CC(O)(C3)C1)C2.CCC(C)(C)C(=O)OC1C2CC3C(=O)OC1C3O2. The van der Waals surface area contributed by atoms with E-state index < -0.39 is 28.6 Å². The molecule has 10 heteroatoms. The van der Waals surface area contributed by atoms with Gasteiger partial charge in [0.15, 0.2) is 12.2 Å². The molecule has 0 amide bonds. The quantitative estimate of drug-likeness (QED) is 0.190. The Morgan fingerprint density at radius 2 is 1.27 bits per heavy atom. The lowest BCUT2D eigenvalue weighted by molar-refractivity contribution is -0.225. The van der Waals surface area contributed by atoms with Gasteiger partial charge in [0.05, 0.1) is 33.9 Å². The van der Waals surface area contributed by atoms with Crippen LogP contribution in [0.5, 0.6) is 0 Å². The molecule has 290 valence electrons. The third kappa shape index (κ3) is 8.32. The maximum Gasteiger partial charge on any atom is 0.312 e. The predicted octanol–water partition coefficient (Wildman–Crippen LogP) is 7.40. The van der Waals surface area contributed by atoms with Crippen LogP contribution in [0.15, 0.2) is 0 Å². The molecule has 8 aliphatic rings. The van der Waals surface area contributed by atoms with Crippen LogP contribution in [0.3, 0.4) is 0 Å². The zero-order chi connectivity index (χ0) is 37.8. The molecule has 0 aromatic rings. The van der Waals surface area contributed by atoms with E-state index in [1.165, 1.54) is 19.3 Å². The minimum atomic E-state index is -0.555. The minimum absolute atomic E-state index is 0.0376. The third-order valence-electron chi connectivity index (χ3n) is 13.6. The molecule has 8 rings (SSSR count). The summed E-state index contributed by atoms with van der Waals surface area (Å²) in [6.45, 7) is 19.6. The smallest absolute Gasteiger partial charge is 0.312 e. The van der Waals surface area contributed by atoms with Crippen molar-refractivity contribution in [1.29, 1.82) is 0 Å². The van der Waals surface area contributed by atoms with Crippen molar-refractivity contribution >= 4 is 23.9 Å². The maximum absolute atomic E-state index is 12.4. The topological polar surface area (TPSA) is 135 Å². The number of ether oxygens (including phenoxy) is 5. The van der Waals surface area contributed by atoms with E-state index in [0.717, 1.165) is 51.4 Å². The van der Waals surface area contributed by atoms with E-state index in [9.17, 15) is 24.3 Å². The van der Waals surface area contributed by atoms with Crippen LogP contribution in [0.4, 0.5) is 0 Å². The van der Waals surface area contributed by atoms with Gasteiger partial charge in [-0.3, -0.25) is 19.2 Å². The van der Waals surface area contributed by atoms with Crippen LogP contribution in [0.25, 0.3) is 0 Å². The highest BCUT2D eigenvalue weighted by Gasteiger charge is 2.65. The first-order valence-electron chi connectivity index (χ1n) is 19.9. The fourth-order valence-electron chi connectivity index (χ4n) is 9.27. The number of hydrogen-bond acceptors (Lipinski definition) is 10. The summed E-state index contributed by atoms with van der Waals surface area (Å²) in [4.78, 5) is 47.8. The summed E-state index contributed by atoms with van der Waals surface area (Å²) in [5.41, 5.74) is -2.34. The summed E-state index contributed by atoms with van der Waals surface area (Å²) >= 11 is 0. The number of esters is 4. The predicted molar refractivity (Wildman–Crippen MR) is 190 cm³/mol. The van der Waals surface area contributed by atoms with E-state index in [-0.39, 0.29) is 58.6 Å². The van der Waals surface area contributed by atoms with Gasteiger partial charge in [-0.25, -0.2) is 0 Å². The van der Waals surface area contributed by atoms with Gasteiger partial charge in [0.1, 0.15) is 17.3 Å². The molecule has 51 heavy (non-hydrogen) atoms. The fraction of sp³-hybridized carbons (Fsp3) is 0.902. The van der Waals surface area contributed by atoms with Gasteiger partial charge in [-0.2, -0.15) is 0 Å². The van der Waals surface area contributed by atoms with Crippen molar-refractivity contribution in [3.05, 3.63) is 0 Å². The number of rotatable bonds is 9. The van der Waals surface area contributed by atoms with Crippen molar-refractivity contribution in [2.45, 2.75) is 200 Å². The number of carbonyl (C=O) groups is 4. The van der Waals surface area contributed by atoms with E-state index in [2.05, 4.69) is 6.92 Å². The Morgan fingerprint density at radius 1 is 0.765 bits per heavy atom. The summed E-state index contributed by atoms with van der Waals surface area (Å²) in [6, 6.07) is 0. The lowest BCUT2D eigenvalue weighted by Gasteiger charge is -2.59. The van der Waals surface area contributed by atoms with Gasteiger partial charge in [0, 0.05) is 6.42 Å². The van der Waals surface area contributed by atoms with Gasteiger partial charge in [0.25, 0.3) is 0 Å². The lowest BCUT2D eigenvalue weighted by Crippen LogP contribution is -2.61. The molecule has 0 aromatic heterocycles. The zero-order valence-electron chi connectivity index (χ0n) is 33.1. The maximum atomic E-state index is 12.4. The largest absolute Gasteiger partial charge is 0.459 e. The van der Waals surface area contributed by atoms with Crippen LogP contribution in [0.2, 0.25) is 0 Å². The first kappa shape index (κ1) is 40.0. The molecule has 0 aromatic carbocycles. The van der Waals surface area contributed by atoms with Crippen LogP contribution in [0.1, 0.15) is 159 Å². The fourth-order valence-corrected chi connectivity index (χ4v) is 9.27. The van der Waals surface area contributed by atoms with Gasteiger partial charge in [-0.05, 0) is 144 Å². The standard InChI is InChI=1S/C16H26O3.C13H18O5.C12H22O2/c1-4-14(2,3)13(17)19-16-8-11-5-12(9-16)7-15(18,6-11)10-16;1-4-13(2,3)12(15)18-9-7-5-6-8(16-7)10(9)17-11(6)14;1-5-11(2,3)10(13)14-12(4)8-6-7-9-12/h11-12,18H,4-10H2,1-3H3;6-10H,4-5H2,1-3H3;5-9H2,1-4H3. The second-order valence-corrected chi connectivity index (χ2v) is 19.3. The molecule has 1 N–H and O–H groups in total. The highest BCUT2D eigenvalue weighted by atomic mass is 16.7. The molecule has 3 aliphatic heterocycles. The normalized spacial score (nSPS) is 36.8. The van der Waals surface area contributed by atoms with Crippen molar-refractivity contribution in [1.82, 2.24) is 0 Å². The van der Waals surface area contributed by atoms with Gasteiger partial charge in [0.2, 0.25) is 0 Å². The van der Waals surface area contributed by atoms with Crippen LogP contribution in [-0.2, 0) is 42.9 Å². The number of aliphatic hydroxyl groups is 1. The van der Waals surface area contributed by atoms with Crippen LogP contribution < -0.4 is 0 Å². The lowest BCUT2D eigenvalue weighted by atomic mass is 9.52. The van der Waals surface area contributed by atoms with Gasteiger partial charge >= 0.3 is 23.9 Å². The van der Waals surface area contributed by atoms with Crippen LogP contribution in [0, 0.1) is 34.0 Å². The molecule has 7 atom stereocenters. The molecule has 3 heterocycles. The summed E-state index contributed by atoms with van der Waals surface area (Å²) in [5.74, 6) is 0.401. The van der Waals surface area contributed by atoms with Crippen molar-refractivity contribution < 1.29 is 48.0 Å². The molecule has 5 aliphatic carbocycles. The average Bonchev–Trinajstić information content (AvgIpc) is 3.79. The van der Waals surface area contributed by atoms with Crippen LogP contribution >= 0.6 is 0 Å². The Balaban J connectivity index is 0.000000150. The van der Waals surface area contributed by atoms with Crippen molar-refractivity contribution in [2.75, 3.05) is 0 Å². The van der Waals surface area contributed by atoms with Gasteiger partial charge in [-0.15, -0.1) is 0 Å². The van der Waals surface area contributed by atoms with Crippen molar-refractivity contribution in [2.24, 2.45) is 34.0 Å². The van der Waals surface area contributed by atoms with E-state index in [1.807, 2.05) is 62.3 Å². The first-order valence-corrected chi connectivity index (χ1v) is 19.9. The monoisotopic (exact) mass is 718 g/mol. The molecule has 8 fully saturated rings. The second-order valence-electron chi connectivity index (χ2n) is 19.3. The second kappa shape index (κ2) is 14.2. The highest BCUT2D eigenvalue weighted by Crippen LogP contribution is 2.59. The van der Waals surface area contributed by atoms with E-state index in [4.69, 9.17) is 23.7 Å². The molecule has 10 nitrogen and oxygen atoms in total. The Labute approximate surface area is 305 Å². The van der Waals surface area contributed by atoms with E-state index >= 15 is 0 Å². The Morgan fingerprint density at radius 3 is 1.78 bits per heavy atom. The molecular weight excluding hydrogens is 652 g/mol. The Bertz CT molecular complexity index is 1310. The molecule has 3 saturated heterocycles. The Hall–Kier alpha value is -2.20. The highest BCUT2D eigenvalue weighted by molar-refractivity contribution is 5.79. The third-order valence-corrected chi connectivity index (χ3v) is 13.6. The molecule has 6 bridgehead atoms. The number of hydrogen-bond donors (Lipinski definition) is 1. The van der Waals surface area contributed by atoms with E-state index in [1.54, 1.807) is 0 Å². The van der Waals surface area contributed by atoms with Gasteiger partial charge < -0.3 is 28.8 Å². The summed E-state index contributed by atoms with van der Waals surface area (Å²) in [6.07, 6.45) is 11.9. The minimum Gasteiger partial charge on any atom is -0.459 e. The van der Waals surface area contributed by atoms with Crippen LogP contribution in [-0.4, -0.2) is 70.2 Å². The van der Waals surface area contributed by atoms with Gasteiger partial charge in [-0.1, -0.05) is 20.8 Å². The van der Waals surface area contributed by atoms with Crippen molar-refractivity contribution in [3.8, 4) is 0 Å². The summed E-state index contributed by atoms with van der Waals surface area (Å²) in [7, 11) is 0. The Kier molecular flexibility index (Phi) is 11.2. The molecule has 0 spiro atoms. The number of fused-ring (bicyclic) bond motifs is 1. The molecule has 5 saturated carbocycles. The van der Waals surface area contributed by atoms with Crippen molar-refractivity contribution in [3.63, 3.8) is 0 Å². The summed E-state index contributed by atoms with van der Waals surface area (Å²) < 4.78 is 28.1. The summed E-state index contributed by atoms with van der Waals surface area (Å²) in [5, 5.41) is 10.6. The molecular formula is C41H66O10. The zero-order valence-corrected chi connectivity index (χ0v) is 33.1. The first-order chi connectivity index (χ1) is 23.6.